The van der Waals surface area contributed by atoms with E-state index in [9.17, 15) is 13.9 Å². The SMILES string of the molecule is Cc1ccc(C2(O)CC(N)C2)c(F)c1F. The van der Waals surface area contributed by atoms with Gasteiger partial charge in [-0.2, -0.15) is 0 Å². The van der Waals surface area contributed by atoms with Gasteiger partial charge in [-0.1, -0.05) is 12.1 Å². The van der Waals surface area contributed by atoms with Crippen LogP contribution < -0.4 is 5.73 Å². The topological polar surface area (TPSA) is 46.2 Å². The number of halogens is 2. The third-order valence-corrected chi connectivity index (χ3v) is 2.98. The fraction of sp³-hybridized carbons (Fsp3) is 0.455. The van der Waals surface area contributed by atoms with E-state index in [-0.39, 0.29) is 30.0 Å². The van der Waals surface area contributed by atoms with Gasteiger partial charge in [0.25, 0.3) is 0 Å². The zero-order valence-electron chi connectivity index (χ0n) is 8.43. The molecule has 82 valence electrons. The van der Waals surface area contributed by atoms with E-state index in [1.54, 1.807) is 0 Å². The van der Waals surface area contributed by atoms with Crippen molar-refractivity contribution in [2.75, 3.05) is 0 Å². The average Bonchev–Trinajstić information content (AvgIpc) is 2.12. The lowest BCUT2D eigenvalue weighted by atomic mass is 9.71. The van der Waals surface area contributed by atoms with Gasteiger partial charge in [0.1, 0.15) is 0 Å². The Labute approximate surface area is 86.7 Å². The molecule has 1 saturated carbocycles. The first-order valence-corrected chi connectivity index (χ1v) is 4.87. The second-order valence-electron chi connectivity index (χ2n) is 4.26. The van der Waals surface area contributed by atoms with Crippen LogP contribution in [0.1, 0.15) is 24.0 Å². The van der Waals surface area contributed by atoms with Crippen molar-refractivity contribution < 1.29 is 13.9 Å². The molecule has 2 rings (SSSR count). The van der Waals surface area contributed by atoms with Crippen molar-refractivity contribution >= 4 is 0 Å². The van der Waals surface area contributed by atoms with Crippen LogP contribution in [0.5, 0.6) is 0 Å². The highest BCUT2D eigenvalue weighted by Crippen LogP contribution is 2.42. The molecule has 0 aromatic heterocycles. The molecule has 1 aromatic rings. The molecule has 0 heterocycles. The van der Waals surface area contributed by atoms with Crippen molar-refractivity contribution in [3.63, 3.8) is 0 Å². The van der Waals surface area contributed by atoms with Gasteiger partial charge in [0.15, 0.2) is 11.6 Å². The van der Waals surface area contributed by atoms with Crippen molar-refractivity contribution in [3.05, 3.63) is 34.9 Å². The van der Waals surface area contributed by atoms with Crippen LogP contribution in [0.25, 0.3) is 0 Å². The van der Waals surface area contributed by atoms with Crippen molar-refractivity contribution in [2.24, 2.45) is 5.73 Å². The molecular formula is C11H13F2NO. The molecule has 0 spiro atoms. The van der Waals surface area contributed by atoms with Gasteiger partial charge >= 0.3 is 0 Å². The summed E-state index contributed by atoms with van der Waals surface area (Å²) in [6, 6.07) is 2.77. The summed E-state index contributed by atoms with van der Waals surface area (Å²) in [7, 11) is 0. The minimum atomic E-state index is -1.28. The van der Waals surface area contributed by atoms with Crippen LogP contribution in [-0.4, -0.2) is 11.1 Å². The highest BCUT2D eigenvalue weighted by molar-refractivity contribution is 5.32. The molecule has 0 bridgehead atoms. The van der Waals surface area contributed by atoms with E-state index in [1.165, 1.54) is 19.1 Å². The van der Waals surface area contributed by atoms with Gasteiger partial charge < -0.3 is 10.8 Å². The summed E-state index contributed by atoms with van der Waals surface area (Å²) in [6.45, 7) is 1.48. The third kappa shape index (κ3) is 1.54. The van der Waals surface area contributed by atoms with Crippen LogP contribution in [-0.2, 0) is 5.60 Å². The summed E-state index contributed by atoms with van der Waals surface area (Å²) in [6.07, 6.45) is 0.568. The number of benzene rings is 1. The van der Waals surface area contributed by atoms with Gasteiger partial charge in [0.05, 0.1) is 5.60 Å². The van der Waals surface area contributed by atoms with E-state index in [0.717, 1.165) is 0 Å². The van der Waals surface area contributed by atoms with Crippen molar-refractivity contribution in [1.29, 1.82) is 0 Å². The minimum Gasteiger partial charge on any atom is -0.385 e. The molecule has 1 fully saturated rings. The molecule has 1 aliphatic rings. The largest absolute Gasteiger partial charge is 0.385 e. The lowest BCUT2D eigenvalue weighted by Gasteiger charge is -2.42. The first-order chi connectivity index (χ1) is 6.94. The molecule has 0 amide bonds. The predicted molar refractivity (Wildman–Crippen MR) is 52.2 cm³/mol. The number of aliphatic hydroxyl groups is 1. The average molecular weight is 213 g/mol. The van der Waals surface area contributed by atoms with E-state index >= 15 is 0 Å². The zero-order chi connectivity index (χ0) is 11.2. The van der Waals surface area contributed by atoms with Gasteiger partial charge in [-0.05, 0) is 25.3 Å². The molecule has 3 N–H and O–H groups in total. The van der Waals surface area contributed by atoms with Gasteiger partial charge in [-0.3, -0.25) is 0 Å². The van der Waals surface area contributed by atoms with E-state index in [0.29, 0.717) is 0 Å². The standard InChI is InChI=1S/C11H13F2NO/c1-6-2-3-8(10(13)9(6)12)11(15)4-7(14)5-11/h2-3,7,15H,4-5,14H2,1H3. The number of hydrogen-bond donors (Lipinski definition) is 2. The van der Waals surface area contributed by atoms with Gasteiger partial charge in [0.2, 0.25) is 0 Å². The lowest BCUT2D eigenvalue weighted by Crippen LogP contribution is -2.49. The van der Waals surface area contributed by atoms with Crippen molar-refractivity contribution in [2.45, 2.75) is 31.4 Å². The summed E-state index contributed by atoms with van der Waals surface area (Å²) < 4.78 is 26.8. The number of rotatable bonds is 1. The maximum absolute atomic E-state index is 13.5. The lowest BCUT2D eigenvalue weighted by molar-refractivity contribution is -0.0554. The van der Waals surface area contributed by atoms with Crippen LogP contribution in [0.3, 0.4) is 0 Å². The van der Waals surface area contributed by atoms with Crippen LogP contribution in [0.4, 0.5) is 8.78 Å². The summed E-state index contributed by atoms with van der Waals surface area (Å²) in [4.78, 5) is 0. The number of hydrogen-bond acceptors (Lipinski definition) is 2. The molecule has 1 aromatic carbocycles. The quantitative estimate of drug-likeness (QED) is 0.744. The first kappa shape index (κ1) is 10.5. The van der Waals surface area contributed by atoms with Gasteiger partial charge in [0, 0.05) is 11.6 Å². The maximum Gasteiger partial charge on any atom is 0.165 e. The van der Waals surface area contributed by atoms with Crippen LogP contribution in [0, 0.1) is 18.6 Å². The smallest absolute Gasteiger partial charge is 0.165 e. The third-order valence-electron chi connectivity index (χ3n) is 2.98. The Bertz CT molecular complexity index is 400. The highest BCUT2D eigenvalue weighted by atomic mass is 19.2. The summed E-state index contributed by atoms with van der Waals surface area (Å²) >= 11 is 0. The van der Waals surface area contributed by atoms with E-state index in [4.69, 9.17) is 5.73 Å². The van der Waals surface area contributed by atoms with Crippen molar-refractivity contribution in [3.8, 4) is 0 Å². The Hall–Kier alpha value is -1.00. The Morgan fingerprint density at radius 3 is 2.47 bits per heavy atom. The van der Waals surface area contributed by atoms with Gasteiger partial charge in [-0.25, -0.2) is 8.78 Å². The molecule has 0 aliphatic heterocycles. The fourth-order valence-corrected chi connectivity index (χ4v) is 2.03. The molecule has 0 unspecified atom stereocenters. The second kappa shape index (κ2) is 3.25. The first-order valence-electron chi connectivity index (χ1n) is 4.87. The Morgan fingerprint density at radius 1 is 1.33 bits per heavy atom. The maximum atomic E-state index is 13.5. The Kier molecular flexibility index (Phi) is 2.28. The summed E-state index contributed by atoms with van der Waals surface area (Å²) in [5.74, 6) is -1.84. The molecule has 2 nitrogen and oxygen atoms in total. The summed E-state index contributed by atoms with van der Waals surface area (Å²) in [5.41, 5.74) is 4.51. The second-order valence-corrected chi connectivity index (χ2v) is 4.26. The molecule has 0 atom stereocenters. The molecule has 1 aliphatic carbocycles. The Morgan fingerprint density at radius 2 is 1.93 bits per heavy atom. The summed E-state index contributed by atoms with van der Waals surface area (Å²) in [5, 5.41) is 9.96. The van der Waals surface area contributed by atoms with E-state index in [2.05, 4.69) is 0 Å². The van der Waals surface area contributed by atoms with Crippen LogP contribution in [0.15, 0.2) is 12.1 Å². The molecule has 0 radical (unpaired) electrons. The van der Waals surface area contributed by atoms with Gasteiger partial charge in [-0.15, -0.1) is 0 Å². The monoisotopic (exact) mass is 213 g/mol. The molecule has 0 saturated heterocycles. The van der Waals surface area contributed by atoms with Crippen molar-refractivity contribution in [1.82, 2.24) is 0 Å². The predicted octanol–water partition coefficient (Wildman–Crippen LogP) is 1.58. The number of aryl methyl sites for hydroxylation is 1. The van der Waals surface area contributed by atoms with Crippen LogP contribution in [0.2, 0.25) is 0 Å². The highest BCUT2D eigenvalue weighted by Gasteiger charge is 2.44. The van der Waals surface area contributed by atoms with E-state index in [1.807, 2.05) is 0 Å². The number of nitrogens with two attached hydrogens (primary N) is 1. The minimum absolute atomic E-state index is 0.0206. The molecule has 4 heteroatoms. The molecular weight excluding hydrogens is 200 g/mol. The van der Waals surface area contributed by atoms with E-state index < -0.39 is 17.2 Å². The zero-order valence-corrected chi connectivity index (χ0v) is 8.43. The fourth-order valence-electron chi connectivity index (χ4n) is 2.03. The Balaban J connectivity index is 2.42. The normalized spacial score (nSPS) is 30.1. The van der Waals surface area contributed by atoms with Crippen LogP contribution >= 0.6 is 0 Å². The molecule has 15 heavy (non-hydrogen) atoms.